The SMILES string of the molecule is CCOC(=O)Cc1cnc(OC(F)(F)F)c(O)c1[N+](=O)[O-]. The Morgan fingerprint density at radius 1 is 1.52 bits per heavy atom. The number of aromatic nitrogens is 1. The van der Waals surface area contributed by atoms with Gasteiger partial charge in [0.15, 0.2) is 0 Å². The molecule has 1 rings (SSSR count). The van der Waals surface area contributed by atoms with Gasteiger partial charge in [0, 0.05) is 6.20 Å². The summed E-state index contributed by atoms with van der Waals surface area (Å²) in [6.07, 6.45) is -5.17. The fourth-order valence-corrected chi connectivity index (χ4v) is 1.40. The number of hydrogen-bond donors (Lipinski definition) is 1. The lowest BCUT2D eigenvalue weighted by atomic mass is 10.1. The largest absolute Gasteiger partial charge is 0.574 e. The summed E-state index contributed by atoms with van der Waals surface area (Å²) in [6.45, 7) is 1.52. The average Bonchev–Trinajstić information content (AvgIpc) is 2.31. The summed E-state index contributed by atoms with van der Waals surface area (Å²) in [6, 6.07) is 0. The maximum absolute atomic E-state index is 12.0. The molecule has 0 bridgehead atoms. The van der Waals surface area contributed by atoms with Crippen LogP contribution in [0.3, 0.4) is 0 Å². The van der Waals surface area contributed by atoms with Crippen molar-refractivity contribution in [3.8, 4) is 11.6 Å². The molecule has 1 aromatic heterocycles. The fourth-order valence-electron chi connectivity index (χ4n) is 1.40. The predicted octanol–water partition coefficient (Wildman–Crippen LogP) is 1.70. The molecule has 1 N–H and O–H groups in total. The van der Waals surface area contributed by atoms with E-state index >= 15 is 0 Å². The van der Waals surface area contributed by atoms with Crippen LogP contribution in [0.25, 0.3) is 0 Å². The van der Waals surface area contributed by atoms with Gasteiger partial charge >= 0.3 is 18.0 Å². The Morgan fingerprint density at radius 3 is 2.62 bits per heavy atom. The minimum absolute atomic E-state index is 0.0152. The van der Waals surface area contributed by atoms with Crippen molar-refractivity contribution in [3.05, 3.63) is 21.9 Å². The molecule has 116 valence electrons. The fraction of sp³-hybridized carbons (Fsp3) is 0.400. The highest BCUT2D eigenvalue weighted by Gasteiger charge is 2.36. The van der Waals surface area contributed by atoms with E-state index in [1.165, 1.54) is 6.92 Å². The molecule has 0 amide bonds. The van der Waals surface area contributed by atoms with Gasteiger partial charge in [-0.15, -0.1) is 13.2 Å². The maximum atomic E-state index is 12.0. The van der Waals surface area contributed by atoms with Gasteiger partial charge in [0.2, 0.25) is 0 Å². The molecule has 0 unspecified atom stereocenters. The van der Waals surface area contributed by atoms with Crippen LogP contribution in [-0.2, 0) is 16.0 Å². The quantitative estimate of drug-likeness (QED) is 0.500. The normalized spacial score (nSPS) is 11.0. The Kier molecular flexibility index (Phi) is 4.89. The highest BCUT2D eigenvalue weighted by Crippen LogP contribution is 2.39. The molecule has 0 saturated carbocycles. The zero-order valence-corrected chi connectivity index (χ0v) is 10.5. The van der Waals surface area contributed by atoms with Gasteiger partial charge in [0.25, 0.3) is 11.6 Å². The molecule has 21 heavy (non-hydrogen) atoms. The van der Waals surface area contributed by atoms with Crippen molar-refractivity contribution >= 4 is 11.7 Å². The molecule has 11 heteroatoms. The van der Waals surface area contributed by atoms with Gasteiger partial charge in [-0.3, -0.25) is 14.9 Å². The summed E-state index contributed by atoms with van der Waals surface area (Å²) in [4.78, 5) is 24.0. The number of nitrogens with zero attached hydrogens (tertiary/aromatic N) is 2. The van der Waals surface area contributed by atoms with Gasteiger partial charge in [0.1, 0.15) is 0 Å². The Balaban J connectivity index is 3.20. The van der Waals surface area contributed by atoms with Crippen molar-refractivity contribution in [1.82, 2.24) is 4.98 Å². The summed E-state index contributed by atoms with van der Waals surface area (Å²) >= 11 is 0. The van der Waals surface area contributed by atoms with Crippen molar-refractivity contribution in [3.63, 3.8) is 0 Å². The molecular formula is C10H9F3N2O6. The molecule has 0 aliphatic heterocycles. The standard InChI is InChI=1S/C10H9F3N2O6/c1-2-20-6(16)3-5-4-14-9(21-10(11,12)13)8(17)7(5)15(18)19/h4,17H,2-3H2,1H3. The highest BCUT2D eigenvalue weighted by molar-refractivity contribution is 5.75. The minimum atomic E-state index is -5.18. The van der Waals surface area contributed by atoms with Crippen LogP contribution in [0.4, 0.5) is 18.9 Å². The summed E-state index contributed by atoms with van der Waals surface area (Å²) < 4.78 is 44.0. The van der Waals surface area contributed by atoms with E-state index in [4.69, 9.17) is 0 Å². The first-order chi connectivity index (χ1) is 9.65. The summed E-state index contributed by atoms with van der Waals surface area (Å²) in [5.41, 5.74) is -1.50. The third kappa shape index (κ3) is 4.47. The maximum Gasteiger partial charge on any atom is 0.574 e. The van der Waals surface area contributed by atoms with E-state index in [1.54, 1.807) is 0 Å². The number of pyridine rings is 1. The summed E-state index contributed by atoms with van der Waals surface area (Å²) in [7, 11) is 0. The van der Waals surface area contributed by atoms with Crippen molar-refractivity contribution in [2.24, 2.45) is 0 Å². The Labute approximate surface area is 115 Å². The zero-order chi connectivity index (χ0) is 16.2. The molecule has 0 aliphatic rings. The van der Waals surface area contributed by atoms with Gasteiger partial charge in [-0.05, 0) is 6.92 Å². The number of ether oxygens (including phenoxy) is 2. The van der Waals surface area contributed by atoms with Crippen LogP contribution in [0.1, 0.15) is 12.5 Å². The van der Waals surface area contributed by atoms with Crippen LogP contribution >= 0.6 is 0 Å². The lowest BCUT2D eigenvalue weighted by Gasteiger charge is -2.10. The van der Waals surface area contributed by atoms with E-state index in [0.29, 0.717) is 6.20 Å². The lowest BCUT2D eigenvalue weighted by Crippen LogP contribution is -2.18. The van der Waals surface area contributed by atoms with E-state index < -0.39 is 46.6 Å². The molecule has 1 aromatic rings. The van der Waals surface area contributed by atoms with Crippen LogP contribution in [0.2, 0.25) is 0 Å². The monoisotopic (exact) mass is 310 g/mol. The summed E-state index contributed by atoms with van der Waals surface area (Å²) in [5, 5.41) is 20.3. The van der Waals surface area contributed by atoms with E-state index in [9.17, 15) is 33.2 Å². The van der Waals surface area contributed by atoms with Crippen molar-refractivity contribution < 1.29 is 37.5 Å². The number of halogens is 3. The van der Waals surface area contributed by atoms with E-state index in [2.05, 4.69) is 14.5 Å². The predicted molar refractivity (Wildman–Crippen MR) is 59.6 cm³/mol. The third-order valence-electron chi connectivity index (χ3n) is 2.10. The van der Waals surface area contributed by atoms with Crippen LogP contribution < -0.4 is 4.74 Å². The van der Waals surface area contributed by atoms with Crippen LogP contribution in [0.15, 0.2) is 6.20 Å². The van der Waals surface area contributed by atoms with Gasteiger partial charge in [-0.1, -0.05) is 0 Å². The van der Waals surface area contributed by atoms with Gasteiger partial charge in [-0.2, -0.15) is 0 Å². The van der Waals surface area contributed by atoms with E-state index in [1.807, 2.05) is 0 Å². The lowest BCUT2D eigenvalue weighted by molar-refractivity contribution is -0.386. The second-order valence-electron chi connectivity index (χ2n) is 3.57. The van der Waals surface area contributed by atoms with Gasteiger partial charge in [-0.25, -0.2) is 4.98 Å². The van der Waals surface area contributed by atoms with Gasteiger partial charge < -0.3 is 14.6 Å². The zero-order valence-electron chi connectivity index (χ0n) is 10.5. The molecule has 8 nitrogen and oxygen atoms in total. The molecule has 0 spiro atoms. The van der Waals surface area contributed by atoms with Crippen molar-refractivity contribution in [1.29, 1.82) is 0 Å². The smallest absolute Gasteiger partial charge is 0.498 e. The Morgan fingerprint density at radius 2 is 2.14 bits per heavy atom. The van der Waals surface area contributed by atoms with E-state index in [-0.39, 0.29) is 6.61 Å². The molecule has 0 aliphatic carbocycles. The van der Waals surface area contributed by atoms with Crippen molar-refractivity contribution in [2.45, 2.75) is 19.7 Å². The highest BCUT2D eigenvalue weighted by atomic mass is 19.4. The van der Waals surface area contributed by atoms with Crippen LogP contribution in [0.5, 0.6) is 11.6 Å². The molecule has 0 radical (unpaired) electrons. The molecular weight excluding hydrogens is 301 g/mol. The Bertz CT molecular complexity index is 560. The van der Waals surface area contributed by atoms with E-state index in [0.717, 1.165) is 0 Å². The van der Waals surface area contributed by atoms with Crippen LogP contribution in [0, 0.1) is 10.1 Å². The second-order valence-corrected chi connectivity index (χ2v) is 3.57. The first kappa shape index (κ1) is 16.5. The molecule has 0 aromatic carbocycles. The van der Waals surface area contributed by atoms with Crippen LogP contribution in [-0.4, -0.2) is 34.0 Å². The first-order valence-corrected chi connectivity index (χ1v) is 5.42. The van der Waals surface area contributed by atoms with Gasteiger partial charge in [0.05, 0.1) is 23.5 Å². The molecule has 1 heterocycles. The summed E-state index contributed by atoms with van der Waals surface area (Å²) in [5.74, 6) is -3.65. The Hall–Kier alpha value is -2.59. The topological polar surface area (TPSA) is 112 Å². The first-order valence-electron chi connectivity index (χ1n) is 5.42. The number of nitro groups is 1. The number of hydrogen-bond acceptors (Lipinski definition) is 7. The number of alkyl halides is 3. The number of rotatable bonds is 5. The number of carbonyl (C=O) groups is 1. The van der Waals surface area contributed by atoms with Crippen molar-refractivity contribution in [2.75, 3.05) is 6.61 Å². The minimum Gasteiger partial charge on any atom is -0.498 e. The molecule has 0 saturated heterocycles. The molecule has 0 atom stereocenters. The number of carbonyl (C=O) groups excluding carboxylic acids is 1. The third-order valence-corrected chi connectivity index (χ3v) is 2.10. The number of esters is 1. The second kappa shape index (κ2) is 6.24. The molecule has 0 fully saturated rings. The number of aromatic hydroxyl groups is 1. The average molecular weight is 310 g/mol.